The molecule has 106 valence electrons. The van der Waals surface area contributed by atoms with E-state index in [2.05, 4.69) is 4.40 Å². The summed E-state index contributed by atoms with van der Waals surface area (Å²) < 4.78 is 33.4. The molecule has 1 heterocycles. The first-order chi connectivity index (χ1) is 9.63. The van der Waals surface area contributed by atoms with Gasteiger partial charge in [0, 0.05) is 5.56 Å². The van der Waals surface area contributed by atoms with Gasteiger partial charge in [0.15, 0.2) is 0 Å². The summed E-state index contributed by atoms with van der Waals surface area (Å²) in [7, 11) is -3.62. The monoisotopic (exact) mass is 309 g/mol. The van der Waals surface area contributed by atoms with Gasteiger partial charge < -0.3 is 4.74 Å². The number of rotatable bonds is 6. The van der Waals surface area contributed by atoms with Crippen molar-refractivity contribution in [3.05, 3.63) is 47.3 Å². The number of para-hydroxylation sites is 1. The van der Waals surface area contributed by atoms with Crippen molar-refractivity contribution in [1.29, 1.82) is 0 Å². The highest BCUT2D eigenvalue weighted by molar-refractivity contribution is 7.92. The molecule has 0 N–H and O–H groups in total. The minimum atomic E-state index is -3.62. The molecule has 1 aromatic carbocycles. The van der Waals surface area contributed by atoms with Crippen molar-refractivity contribution >= 4 is 27.6 Å². The third-order valence-electron chi connectivity index (χ3n) is 2.46. The van der Waals surface area contributed by atoms with Gasteiger partial charge in [-0.2, -0.15) is 12.8 Å². The Kier molecular flexibility index (Phi) is 4.92. The Balaban J connectivity index is 2.24. The van der Waals surface area contributed by atoms with Gasteiger partial charge in [-0.1, -0.05) is 25.1 Å². The van der Waals surface area contributed by atoms with Crippen LogP contribution in [0.3, 0.4) is 0 Å². The summed E-state index contributed by atoms with van der Waals surface area (Å²) in [6, 6.07) is 10.5. The van der Waals surface area contributed by atoms with E-state index in [0.29, 0.717) is 17.9 Å². The van der Waals surface area contributed by atoms with Gasteiger partial charge in [-0.15, -0.1) is 11.3 Å². The molecule has 0 fully saturated rings. The van der Waals surface area contributed by atoms with Gasteiger partial charge in [-0.3, -0.25) is 0 Å². The molecular formula is C14H15NO3S2. The summed E-state index contributed by atoms with van der Waals surface area (Å²) in [5, 5.41) is 1.71. The second kappa shape index (κ2) is 6.67. The first-order valence-corrected chi connectivity index (χ1v) is 8.51. The molecule has 0 aliphatic carbocycles. The Morgan fingerprint density at radius 3 is 2.75 bits per heavy atom. The maximum Gasteiger partial charge on any atom is 0.291 e. The Bertz CT molecular complexity index is 676. The minimum Gasteiger partial charge on any atom is -0.493 e. The highest BCUT2D eigenvalue weighted by Gasteiger charge is 2.12. The van der Waals surface area contributed by atoms with Crippen LogP contribution in [0.2, 0.25) is 0 Å². The first-order valence-electron chi connectivity index (χ1n) is 6.19. The Labute approximate surface area is 122 Å². The second-order valence-corrected chi connectivity index (χ2v) is 6.83. The minimum absolute atomic E-state index is 0.237. The molecule has 0 unspecified atom stereocenters. The van der Waals surface area contributed by atoms with Crippen LogP contribution in [0.15, 0.2) is 50.4 Å². The number of hydrogen-bond acceptors (Lipinski definition) is 4. The summed E-state index contributed by atoms with van der Waals surface area (Å²) >= 11 is 1.15. The quantitative estimate of drug-likeness (QED) is 0.769. The predicted octanol–water partition coefficient (Wildman–Crippen LogP) is 3.34. The molecule has 0 aliphatic rings. The SMILES string of the molecule is CCCOc1ccccc1/C=N\S(=O)(=O)c1cccs1. The van der Waals surface area contributed by atoms with E-state index in [1.807, 2.05) is 19.1 Å². The highest BCUT2D eigenvalue weighted by Crippen LogP contribution is 2.20. The van der Waals surface area contributed by atoms with E-state index in [1.54, 1.807) is 23.6 Å². The molecule has 0 spiro atoms. The average molecular weight is 309 g/mol. The third-order valence-corrected chi connectivity index (χ3v) is 5.07. The van der Waals surface area contributed by atoms with Crippen LogP contribution in [0, 0.1) is 0 Å². The van der Waals surface area contributed by atoms with Gasteiger partial charge in [0.1, 0.15) is 9.96 Å². The van der Waals surface area contributed by atoms with Crippen LogP contribution in [0.4, 0.5) is 0 Å². The van der Waals surface area contributed by atoms with Crippen molar-refractivity contribution in [2.24, 2.45) is 4.40 Å². The van der Waals surface area contributed by atoms with E-state index in [9.17, 15) is 8.42 Å². The molecule has 6 heteroatoms. The zero-order valence-corrected chi connectivity index (χ0v) is 12.7. The van der Waals surface area contributed by atoms with Gasteiger partial charge in [0.2, 0.25) is 0 Å². The van der Waals surface area contributed by atoms with E-state index < -0.39 is 10.0 Å². The highest BCUT2D eigenvalue weighted by atomic mass is 32.2. The van der Waals surface area contributed by atoms with Crippen LogP contribution in [0.5, 0.6) is 5.75 Å². The van der Waals surface area contributed by atoms with Crippen LogP contribution < -0.4 is 4.74 Å². The molecule has 4 nitrogen and oxygen atoms in total. The molecule has 0 radical (unpaired) electrons. The number of nitrogens with zero attached hydrogens (tertiary/aromatic N) is 1. The summed E-state index contributed by atoms with van der Waals surface area (Å²) in [5.41, 5.74) is 0.654. The van der Waals surface area contributed by atoms with Gasteiger partial charge in [-0.05, 0) is 30.0 Å². The fourth-order valence-corrected chi connectivity index (χ4v) is 3.36. The zero-order valence-electron chi connectivity index (χ0n) is 11.0. The fraction of sp³-hybridized carbons (Fsp3) is 0.214. The molecule has 2 aromatic rings. The van der Waals surface area contributed by atoms with Gasteiger partial charge in [0.25, 0.3) is 10.0 Å². The van der Waals surface area contributed by atoms with Crippen molar-refractivity contribution in [2.75, 3.05) is 6.61 Å². The van der Waals surface area contributed by atoms with Gasteiger partial charge in [0.05, 0.1) is 12.8 Å². The summed E-state index contributed by atoms with van der Waals surface area (Å²) in [4.78, 5) is 0. The smallest absolute Gasteiger partial charge is 0.291 e. The van der Waals surface area contributed by atoms with Crippen LogP contribution >= 0.6 is 11.3 Å². The third kappa shape index (κ3) is 3.68. The number of thiophene rings is 1. The van der Waals surface area contributed by atoms with E-state index in [4.69, 9.17) is 4.74 Å². The Hall–Kier alpha value is -1.66. The largest absolute Gasteiger partial charge is 0.493 e. The molecule has 20 heavy (non-hydrogen) atoms. The van der Waals surface area contributed by atoms with Crippen LogP contribution in [-0.4, -0.2) is 21.2 Å². The lowest BCUT2D eigenvalue weighted by Crippen LogP contribution is -2.00. The Morgan fingerprint density at radius 1 is 1.25 bits per heavy atom. The fourth-order valence-electron chi connectivity index (χ4n) is 1.52. The lowest BCUT2D eigenvalue weighted by Gasteiger charge is -2.07. The molecule has 1 aromatic heterocycles. The maximum atomic E-state index is 12.0. The molecule has 0 saturated heterocycles. The van der Waals surface area contributed by atoms with Crippen molar-refractivity contribution in [2.45, 2.75) is 17.6 Å². The number of benzene rings is 1. The summed E-state index contributed by atoms with van der Waals surface area (Å²) in [5.74, 6) is 0.638. The maximum absolute atomic E-state index is 12.0. The van der Waals surface area contributed by atoms with E-state index in [1.165, 1.54) is 12.3 Å². The lowest BCUT2D eigenvalue weighted by molar-refractivity contribution is 0.317. The summed E-state index contributed by atoms with van der Waals surface area (Å²) in [6.07, 6.45) is 2.22. The lowest BCUT2D eigenvalue weighted by atomic mass is 10.2. The van der Waals surface area contributed by atoms with Crippen LogP contribution in [-0.2, 0) is 10.0 Å². The predicted molar refractivity (Wildman–Crippen MR) is 81.3 cm³/mol. The van der Waals surface area contributed by atoms with Gasteiger partial charge >= 0.3 is 0 Å². The Morgan fingerprint density at radius 2 is 2.05 bits per heavy atom. The standard InChI is InChI=1S/C14H15NO3S2/c1-2-9-18-13-7-4-3-6-12(13)11-15-20(16,17)14-8-5-10-19-14/h3-8,10-11H,2,9H2,1H3/b15-11-. The average Bonchev–Trinajstić information content (AvgIpc) is 2.99. The van der Waals surface area contributed by atoms with Crippen LogP contribution in [0.1, 0.15) is 18.9 Å². The zero-order chi connectivity index (χ0) is 14.4. The number of hydrogen-bond donors (Lipinski definition) is 0. The van der Waals surface area contributed by atoms with Crippen molar-refractivity contribution in [3.63, 3.8) is 0 Å². The van der Waals surface area contributed by atoms with Crippen molar-refractivity contribution in [1.82, 2.24) is 0 Å². The molecule has 0 atom stereocenters. The molecule has 0 bridgehead atoms. The van der Waals surface area contributed by atoms with Crippen LogP contribution in [0.25, 0.3) is 0 Å². The molecule has 0 amide bonds. The van der Waals surface area contributed by atoms with Gasteiger partial charge in [-0.25, -0.2) is 0 Å². The van der Waals surface area contributed by atoms with E-state index in [0.717, 1.165) is 17.8 Å². The summed E-state index contributed by atoms with van der Waals surface area (Å²) in [6.45, 7) is 2.60. The molecular weight excluding hydrogens is 294 g/mol. The normalized spacial score (nSPS) is 11.8. The van der Waals surface area contributed by atoms with E-state index in [-0.39, 0.29) is 4.21 Å². The van der Waals surface area contributed by atoms with E-state index >= 15 is 0 Å². The number of sulfonamides is 1. The second-order valence-electron chi connectivity index (χ2n) is 4.03. The molecule has 0 saturated carbocycles. The topological polar surface area (TPSA) is 55.7 Å². The number of ether oxygens (including phenoxy) is 1. The molecule has 0 aliphatic heterocycles. The van der Waals surface area contributed by atoms with Crippen molar-refractivity contribution < 1.29 is 13.2 Å². The molecule has 2 rings (SSSR count). The van der Waals surface area contributed by atoms with Crippen molar-refractivity contribution in [3.8, 4) is 5.75 Å². The first kappa shape index (κ1) is 14.7.